The van der Waals surface area contributed by atoms with Gasteiger partial charge >= 0.3 is 0 Å². The lowest BCUT2D eigenvalue weighted by atomic mass is 10.2. The molecule has 1 heterocycles. The molecular formula is C13H11BrN2O2S. The molecule has 0 radical (unpaired) electrons. The van der Waals surface area contributed by atoms with Crippen molar-refractivity contribution in [1.82, 2.24) is 0 Å². The molecule has 4 nitrogen and oxygen atoms in total. The zero-order valence-electron chi connectivity index (χ0n) is 10.1. The number of anilines is 1. The van der Waals surface area contributed by atoms with Gasteiger partial charge in [0.25, 0.3) is 5.91 Å². The molecule has 2 N–H and O–H groups in total. The van der Waals surface area contributed by atoms with Gasteiger partial charge in [-0.25, -0.2) is 0 Å². The number of furan rings is 1. The van der Waals surface area contributed by atoms with Crippen molar-refractivity contribution in [3.8, 4) is 0 Å². The lowest BCUT2D eigenvalue weighted by Crippen LogP contribution is -2.26. The summed E-state index contributed by atoms with van der Waals surface area (Å²) in [7, 11) is 1.69. The molecule has 0 spiro atoms. The number of nitrogens with two attached hydrogens (primary N) is 1. The van der Waals surface area contributed by atoms with Crippen molar-refractivity contribution >= 4 is 44.7 Å². The SMILES string of the molecule is CN(C(=O)c1ccoc1Br)c1ccc(C(N)=S)cc1. The highest BCUT2D eigenvalue weighted by molar-refractivity contribution is 9.10. The highest BCUT2D eigenvalue weighted by atomic mass is 79.9. The number of rotatable bonds is 3. The van der Waals surface area contributed by atoms with Gasteiger partial charge in [0, 0.05) is 18.3 Å². The lowest BCUT2D eigenvalue weighted by molar-refractivity contribution is 0.0991. The second-order valence-corrected chi connectivity index (χ2v) is 5.04. The number of thiocarbonyl (C=S) groups is 1. The predicted molar refractivity (Wildman–Crippen MR) is 81.5 cm³/mol. The van der Waals surface area contributed by atoms with Gasteiger partial charge in [-0.15, -0.1) is 0 Å². The van der Waals surface area contributed by atoms with Crippen LogP contribution < -0.4 is 10.6 Å². The quantitative estimate of drug-likeness (QED) is 0.874. The third-order valence-corrected chi connectivity index (χ3v) is 3.54. The first-order valence-electron chi connectivity index (χ1n) is 5.41. The van der Waals surface area contributed by atoms with E-state index in [0.717, 1.165) is 11.3 Å². The Morgan fingerprint density at radius 1 is 1.32 bits per heavy atom. The van der Waals surface area contributed by atoms with E-state index in [9.17, 15) is 4.79 Å². The van der Waals surface area contributed by atoms with Crippen molar-refractivity contribution < 1.29 is 9.21 Å². The van der Waals surface area contributed by atoms with E-state index in [2.05, 4.69) is 15.9 Å². The molecule has 0 bridgehead atoms. The molecule has 0 aliphatic carbocycles. The molecule has 0 fully saturated rings. The number of benzene rings is 1. The first-order chi connectivity index (χ1) is 9.00. The molecule has 0 unspecified atom stereocenters. The summed E-state index contributed by atoms with van der Waals surface area (Å²) in [5.41, 5.74) is 7.52. The predicted octanol–water partition coefficient (Wildman–Crippen LogP) is 2.95. The summed E-state index contributed by atoms with van der Waals surface area (Å²) >= 11 is 8.07. The monoisotopic (exact) mass is 338 g/mol. The molecule has 1 amide bonds. The van der Waals surface area contributed by atoms with Crippen LogP contribution in [0.4, 0.5) is 5.69 Å². The van der Waals surface area contributed by atoms with Gasteiger partial charge in [0.1, 0.15) is 4.99 Å². The molecular weight excluding hydrogens is 328 g/mol. The highest BCUT2D eigenvalue weighted by Gasteiger charge is 2.18. The van der Waals surface area contributed by atoms with E-state index in [0.29, 0.717) is 15.2 Å². The Hall–Kier alpha value is -1.66. The van der Waals surface area contributed by atoms with Gasteiger partial charge in [-0.1, -0.05) is 12.2 Å². The molecule has 2 rings (SSSR count). The summed E-state index contributed by atoms with van der Waals surface area (Å²) in [4.78, 5) is 14.1. The van der Waals surface area contributed by atoms with Crippen molar-refractivity contribution in [3.63, 3.8) is 0 Å². The van der Waals surface area contributed by atoms with E-state index in [1.807, 2.05) is 0 Å². The van der Waals surface area contributed by atoms with E-state index < -0.39 is 0 Å². The molecule has 0 atom stereocenters. The van der Waals surface area contributed by atoms with E-state index in [-0.39, 0.29) is 5.91 Å². The molecule has 6 heteroatoms. The first kappa shape index (κ1) is 13.8. The minimum absolute atomic E-state index is 0.163. The van der Waals surface area contributed by atoms with Crippen LogP contribution in [0.15, 0.2) is 45.7 Å². The molecule has 0 saturated heterocycles. The van der Waals surface area contributed by atoms with E-state index in [1.165, 1.54) is 11.2 Å². The molecule has 0 aliphatic rings. The molecule has 19 heavy (non-hydrogen) atoms. The van der Waals surface area contributed by atoms with Crippen LogP contribution in [-0.2, 0) is 0 Å². The molecule has 0 aliphatic heterocycles. The summed E-state index contributed by atoms with van der Waals surface area (Å²) in [6.07, 6.45) is 1.46. The maximum absolute atomic E-state index is 12.2. The van der Waals surface area contributed by atoms with Crippen molar-refractivity contribution in [3.05, 3.63) is 52.4 Å². The van der Waals surface area contributed by atoms with Gasteiger partial charge in [-0.05, 0) is 46.3 Å². The number of carbonyl (C=O) groups is 1. The zero-order valence-corrected chi connectivity index (χ0v) is 12.5. The van der Waals surface area contributed by atoms with E-state index in [4.69, 9.17) is 22.4 Å². The summed E-state index contributed by atoms with van der Waals surface area (Å²) < 4.78 is 5.48. The molecule has 1 aromatic heterocycles. The maximum Gasteiger partial charge on any atom is 0.262 e. The van der Waals surface area contributed by atoms with Crippen LogP contribution in [0, 0.1) is 0 Å². The molecule has 2 aromatic rings. The van der Waals surface area contributed by atoms with Crippen LogP contribution in [0.5, 0.6) is 0 Å². The number of halogens is 1. The minimum atomic E-state index is -0.163. The summed E-state index contributed by atoms with van der Waals surface area (Å²) in [5, 5.41) is 0. The number of hydrogen-bond acceptors (Lipinski definition) is 3. The van der Waals surface area contributed by atoms with Gasteiger partial charge < -0.3 is 15.1 Å². The minimum Gasteiger partial charge on any atom is -0.457 e. The topological polar surface area (TPSA) is 59.5 Å². The van der Waals surface area contributed by atoms with Crippen molar-refractivity contribution in [2.75, 3.05) is 11.9 Å². The Kier molecular flexibility index (Phi) is 4.01. The number of nitrogens with zero attached hydrogens (tertiary/aromatic N) is 1. The van der Waals surface area contributed by atoms with Gasteiger partial charge in [0.2, 0.25) is 0 Å². The second-order valence-electron chi connectivity index (χ2n) is 3.88. The fourth-order valence-corrected chi connectivity index (χ4v) is 2.14. The molecule has 0 saturated carbocycles. The largest absolute Gasteiger partial charge is 0.457 e. The third kappa shape index (κ3) is 2.85. The highest BCUT2D eigenvalue weighted by Crippen LogP contribution is 2.22. The normalized spacial score (nSPS) is 10.2. The third-order valence-electron chi connectivity index (χ3n) is 2.69. The van der Waals surface area contributed by atoms with Crippen molar-refractivity contribution in [2.24, 2.45) is 5.73 Å². The second kappa shape index (κ2) is 5.54. The zero-order chi connectivity index (χ0) is 14.0. The molecule has 98 valence electrons. The van der Waals surface area contributed by atoms with Crippen LogP contribution in [0.25, 0.3) is 0 Å². The van der Waals surface area contributed by atoms with Crippen LogP contribution in [0.1, 0.15) is 15.9 Å². The van der Waals surface area contributed by atoms with Gasteiger partial charge in [-0.2, -0.15) is 0 Å². The molecule has 1 aromatic carbocycles. The smallest absolute Gasteiger partial charge is 0.262 e. The summed E-state index contributed by atoms with van der Waals surface area (Å²) in [5.74, 6) is -0.163. The fourth-order valence-electron chi connectivity index (χ4n) is 1.59. The van der Waals surface area contributed by atoms with Gasteiger partial charge in [0.15, 0.2) is 4.67 Å². The standard InChI is InChI=1S/C13H11BrN2O2S/c1-16(13(17)10-6-7-18-11(10)14)9-4-2-8(3-5-9)12(15)19/h2-7H,1H3,(H2,15,19). The number of carbonyl (C=O) groups excluding carboxylic acids is 1. The average molecular weight is 339 g/mol. The van der Waals surface area contributed by atoms with E-state index in [1.54, 1.807) is 37.4 Å². The maximum atomic E-state index is 12.2. The summed E-state index contributed by atoms with van der Waals surface area (Å²) in [6.45, 7) is 0. The van der Waals surface area contributed by atoms with E-state index >= 15 is 0 Å². The first-order valence-corrected chi connectivity index (χ1v) is 6.61. The van der Waals surface area contributed by atoms with Crippen LogP contribution >= 0.6 is 28.1 Å². The van der Waals surface area contributed by atoms with Gasteiger partial charge in [0.05, 0.1) is 11.8 Å². The average Bonchev–Trinajstić information content (AvgIpc) is 2.83. The Morgan fingerprint density at radius 3 is 2.42 bits per heavy atom. The Bertz CT molecular complexity index is 622. The fraction of sp³-hybridized carbons (Fsp3) is 0.0769. The van der Waals surface area contributed by atoms with Gasteiger partial charge in [-0.3, -0.25) is 4.79 Å². The Morgan fingerprint density at radius 2 is 1.95 bits per heavy atom. The number of amides is 1. The van der Waals surface area contributed by atoms with Crippen LogP contribution in [-0.4, -0.2) is 17.9 Å². The Balaban J connectivity index is 2.24. The number of hydrogen-bond donors (Lipinski definition) is 1. The Labute approximate surface area is 124 Å². The van der Waals surface area contributed by atoms with Crippen LogP contribution in [0.2, 0.25) is 0 Å². The van der Waals surface area contributed by atoms with Crippen molar-refractivity contribution in [2.45, 2.75) is 0 Å². The lowest BCUT2D eigenvalue weighted by Gasteiger charge is -2.17. The van der Waals surface area contributed by atoms with Crippen molar-refractivity contribution in [1.29, 1.82) is 0 Å². The van der Waals surface area contributed by atoms with Crippen LogP contribution in [0.3, 0.4) is 0 Å². The summed E-state index contributed by atoms with van der Waals surface area (Å²) in [6, 6.07) is 8.77.